The van der Waals surface area contributed by atoms with Crippen LogP contribution in [0.2, 0.25) is 0 Å². The fraction of sp³-hybridized carbons (Fsp3) is 0.400. The lowest BCUT2D eigenvalue weighted by Crippen LogP contribution is -2.31. The summed E-state index contributed by atoms with van der Waals surface area (Å²) in [4.78, 5) is 26.7. The minimum Gasteiger partial charge on any atom is -0.494 e. The Hall–Kier alpha value is -2.61. The van der Waals surface area contributed by atoms with Gasteiger partial charge in [0.1, 0.15) is 0 Å². The van der Waals surface area contributed by atoms with E-state index in [-0.39, 0.29) is 23.5 Å². The van der Waals surface area contributed by atoms with Crippen LogP contribution in [0.1, 0.15) is 44.9 Å². The third-order valence-electron chi connectivity index (χ3n) is 4.26. The Morgan fingerprint density at radius 3 is 2.39 bits per heavy atom. The molecule has 0 unspecified atom stereocenters. The molecular weight excluding hydrogens is 374 g/mol. The topological polar surface area (TPSA) is 84.8 Å². The summed E-state index contributed by atoms with van der Waals surface area (Å²) in [6.07, 6.45) is 2.18. The molecule has 1 N–H and O–H groups in total. The van der Waals surface area contributed by atoms with Crippen molar-refractivity contribution in [3.05, 3.63) is 57.4 Å². The smallest absolute Gasteiger partial charge is 0.268 e. The number of fused-ring (bicyclic) bond motifs is 1. The Labute approximate surface area is 167 Å². The van der Waals surface area contributed by atoms with Crippen LogP contribution in [-0.4, -0.2) is 36.3 Å². The van der Waals surface area contributed by atoms with Crippen molar-refractivity contribution in [2.75, 3.05) is 6.26 Å². The number of rotatable bonds is 5. The normalized spacial score (nSPS) is 12.5. The lowest BCUT2D eigenvalue weighted by molar-refractivity contribution is 0.386. The molecule has 0 atom stereocenters. The lowest BCUT2D eigenvalue weighted by atomic mass is 10.1. The quantitative estimate of drug-likeness (QED) is 0.667. The van der Waals surface area contributed by atoms with Gasteiger partial charge in [-0.3, -0.25) is 9.36 Å². The Kier molecular flexibility index (Phi) is 5.88. The largest absolute Gasteiger partial charge is 0.494 e. The van der Waals surface area contributed by atoms with Crippen molar-refractivity contribution in [2.45, 2.75) is 51.4 Å². The third kappa shape index (κ3) is 3.82. The zero-order valence-corrected chi connectivity index (χ0v) is 17.6. The average molecular weight is 400 g/mol. The fourth-order valence-electron chi connectivity index (χ4n) is 3.05. The molecule has 2 aromatic heterocycles. The molecule has 1 aromatic carbocycles. The van der Waals surface area contributed by atoms with Gasteiger partial charge in [-0.15, -0.1) is 0 Å². The Balaban J connectivity index is 2.41. The predicted octanol–water partition coefficient (Wildman–Crippen LogP) is 2.80. The number of benzene rings is 1. The van der Waals surface area contributed by atoms with Crippen molar-refractivity contribution in [3.8, 4) is 5.88 Å². The fourth-order valence-corrected chi connectivity index (χ4v) is 3.57. The van der Waals surface area contributed by atoms with Gasteiger partial charge in [-0.2, -0.15) is 9.97 Å². The minimum absolute atomic E-state index is 0.0160. The number of hydrogen-bond acceptors (Lipinski definition) is 6. The summed E-state index contributed by atoms with van der Waals surface area (Å²) in [7, 11) is 0. The minimum atomic E-state index is -0.311. The van der Waals surface area contributed by atoms with Gasteiger partial charge in [-0.05, 0) is 39.5 Å². The maximum Gasteiger partial charge on any atom is 0.268 e. The highest BCUT2D eigenvalue weighted by Crippen LogP contribution is 2.24. The summed E-state index contributed by atoms with van der Waals surface area (Å²) in [5.74, 6) is 0.276. The van der Waals surface area contributed by atoms with E-state index in [4.69, 9.17) is 0 Å². The second-order valence-corrected chi connectivity index (χ2v) is 7.88. The van der Waals surface area contributed by atoms with Crippen molar-refractivity contribution in [1.29, 1.82) is 0 Å². The first kappa shape index (κ1) is 20.1. The molecule has 0 aliphatic heterocycles. The number of nitrogens with zero attached hydrogens (tertiary/aromatic N) is 5. The lowest BCUT2D eigenvalue weighted by Gasteiger charge is -2.20. The molecule has 0 radical (unpaired) electrons. The van der Waals surface area contributed by atoms with Crippen LogP contribution in [0.3, 0.4) is 0 Å². The van der Waals surface area contributed by atoms with E-state index in [2.05, 4.69) is 15.0 Å². The van der Waals surface area contributed by atoms with Crippen molar-refractivity contribution in [2.24, 2.45) is 4.99 Å². The number of aromatic hydroxyl groups is 1. The van der Waals surface area contributed by atoms with Gasteiger partial charge < -0.3 is 5.11 Å². The summed E-state index contributed by atoms with van der Waals surface area (Å²) in [5.41, 5.74) is 1.27. The molecule has 3 rings (SSSR count). The van der Waals surface area contributed by atoms with E-state index >= 15 is 0 Å². The standard InChI is InChI=1S/C20H25N5O2S/c1-12(2)21-18-22-19-24(13(3)4)16(26)15(11-14-9-7-6-8-10-14)17(27)25(19)20(23-18)28-5/h6-10,12-13,26H,11H2,1-5H3. The summed E-state index contributed by atoms with van der Waals surface area (Å²) < 4.78 is 3.14. The molecule has 7 nitrogen and oxygen atoms in total. The monoisotopic (exact) mass is 399 g/mol. The van der Waals surface area contributed by atoms with E-state index < -0.39 is 0 Å². The van der Waals surface area contributed by atoms with Crippen LogP contribution in [0.4, 0.5) is 0 Å². The molecule has 0 saturated heterocycles. The molecule has 2 heterocycles. The third-order valence-corrected chi connectivity index (χ3v) is 4.90. The number of hydrogen-bond donors (Lipinski definition) is 1. The number of aromatic nitrogens is 4. The summed E-state index contributed by atoms with van der Waals surface area (Å²) in [6, 6.07) is 9.53. The van der Waals surface area contributed by atoms with Gasteiger partial charge in [0.2, 0.25) is 11.7 Å². The molecule has 148 valence electrons. The highest BCUT2D eigenvalue weighted by molar-refractivity contribution is 7.98. The van der Waals surface area contributed by atoms with E-state index in [0.717, 1.165) is 5.56 Å². The van der Waals surface area contributed by atoms with Crippen molar-refractivity contribution < 1.29 is 5.11 Å². The molecule has 0 fully saturated rings. The molecule has 0 aliphatic carbocycles. The molecular formula is C20H25N5O2S. The maximum atomic E-state index is 13.3. The Morgan fingerprint density at radius 2 is 1.82 bits per heavy atom. The van der Waals surface area contributed by atoms with Crippen LogP contribution in [0.5, 0.6) is 5.88 Å². The summed E-state index contributed by atoms with van der Waals surface area (Å²) >= 11 is 1.35. The Bertz CT molecular complexity index is 1120. The van der Waals surface area contributed by atoms with Gasteiger partial charge >= 0.3 is 0 Å². The van der Waals surface area contributed by atoms with E-state index in [1.54, 1.807) is 4.57 Å². The molecule has 3 aromatic rings. The van der Waals surface area contributed by atoms with E-state index in [1.165, 1.54) is 16.2 Å². The molecule has 28 heavy (non-hydrogen) atoms. The van der Waals surface area contributed by atoms with Crippen LogP contribution in [-0.2, 0) is 6.42 Å². The second-order valence-electron chi connectivity index (χ2n) is 7.10. The SMILES string of the molecule is CSc1nc(=NC(C)C)nc2n(C(C)C)c(O)c(Cc3ccccc3)c(=O)n12. The van der Waals surface area contributed by atoms with Crippen molar-refractivity contribution in [3.63, 3.8) is 0 Å². The Morgan fingerprint density at radius 1 is 1.14 bits per heavy atom. The molecule has 8 heteroatoms. The van der Waals surface area contributed by atoms with Gasteiger partial charge in [0.25, 0.3) is 11.2 Å². The molecule has 0 aliphatic rings. The zero-order valence-electron chi connectivity index (χ0n) is 16.7. The highest BCUT2D eigenvalue weighted by Gasteiger charge is 2.21. The van der Waals surface area contributed by atoms with Crippen LogP contribution in [0.25, 0.3) is 5.78 Å². The first-order chi connectivity index (χ1) is 13.3. The van der Waals surface area contributed by atoms with Gasteiger partial charge in [-0.25, -0.2) is 9.39 Å². The summed E-state index contributed by atoms with van der Waals surface area (Å²) in [6.45, 7) is 7.76. The zero-order chi connectivity index (χ0) is 20.4. The molecule has 0 spiro atoms. The van der Waals surface area contributed by atoms with Crippen LogP contribution in [0.15, 0.2) is 45.3 Å². The predicted molar refractivity (Wildman–Crippen MR) is 111 cm³/mol. The first-order valence-electron chi connectivity index (χ1n) is 9.22. The van der Waals surface area contributed by atoms with Gasteiger partial charge in [0.05, 0.1) is 5.56 Å². The molecule has 0 amide bonds. The van der Waals surface area contributed by atoms with Crippen LogP contribution >= 0.6 is 11.8 Å². The van der Waals surface area contributed by atoms with E-state index in [9.17, 15) is 9.90 Å². The van der Waals surface area contributed by atoms with E-state index in [1.807, 2.05) is 64.3 Å². The van der Waals surface area contributed by atoms with Gasteiger partial charge in [0.15, 0.2) is 5.16 Å². The van der Waals surface area contributed by atoms with Crippen molar-refractivity contribution in [1.82, 2.24) is 18.9 Å². The van der Waals surface area contributed by atoms with Crippen molar-refractivity contribution >= 4 is 17.5 Å². The van der Waals surface area contributed by atoms with E-state index in [0.29, 0.717) is 28.5 Å². The van der Waals surface area contributed by atoms with Crippen LogP contribution < -0.4 is 11.2 Å². The maximum absolute atomic E-state index is 13.3. The van der Waals surface area contributed by atoms with Gasteiger partial charge in [-0.1, -0.05) is 42.1 Å². The van der Waals surface area contributed by atoms with Crippen LogP contribution in [0, 0.1) is 0 Å². The average Bonchev–Trinajstić information content (AvgIpc) is 2.64. The second kappa shape index (κ2) is 8.18. The highest BCUT2D eigenvalue weighted by atomic mass is 32.2. The van der Waals surface area contributed by atoms with Gasteiger partial charge in [0, 0.05) is 18.5 Å². The molecule has 0 bridgehead atoms. The number of thioether (sulfide) groups is 1. The summed E-state index contributed by atoms with van der Waals surface area (Å²) in [5, 5.41) is 11.5. The molecule has 0 saturated carbocycles. The first-order valence-corrected chi connectivity index (χ1v) is 10.4.